The summed E-state index contributed by atoms with van der Waals surface area (Å²) in [6, 6.07) is 9.63. The molecule has 1 fully saturated rings. The van der Waals surface area contributed by atoms with Crippen molar-refractivity contribution in [3.05, 3.63) is 75.5 Å². The number of hydrogen-bond acceptors (Lipinski definition) is 6. The summed E-state index contributed by atoms with van der Waals surface area (Å²) in [5.74, 6) is -0.697. The van der Waals surface area contributed by atoms with Crippen LogP contribution < -0.4 is 5.48 Å². The van der Waals surface area contributed by atoms with Gasteiger partial charge in [-0.3, -0.25) is 19.8 Å². The Labute approximate surface area is 223 Å². The van der Waals surface area contributed by atoms with Crippen LogP contribution >= 0.6 is 11.3 Å². The molecular weight excluding hydrogens is 548 g/mol. The number of nitrogens with one attached hydrogen (secondary N) is 1. The molecule has 2 aliphatic heterocycles. The lowest BCUT2D eigenvalue weighted by molar-refractivity contribution is -0.146. The van der Waals surface area contributed by atoms with Crippen LogP contribution in [0.1, 0.15) is 53.3 Å². The maximum absolute atomic E-state index is 13.2. The zero-order valence-corrected chi connectivity index (χ0v) is 21.3. The van der Waals surface area contributed by atoms with E-state index >= 15 is 0 Å². The number of amides is 1. The molecule has 0 spiro atoms. The van der Waals surface area contributed by atoms with Gasteiger partial charge in [-0.2, -0.15) is 31.4 Å². The zero-order chi connectivity index (χ0) is 28.0. The molecule has 1 N–H and O–H groups in total. The SMILES string of the molecule is CC1(c2ccccc2)C=C(c2csc(C3CCN(C(=O)Cn4nc(C(F)(F)F)cc4C(F)(F)F)CC3)n2)NO1. The Morgan fingerprint density at radius 3 is 2.46 bits per heavy atom. The van der Waals surface area contributed by atoms with Crippen LogP contribution in [-0.2, 0) is 34.1 Å². The summed E-state index contributed by atoms with van der Waals surface area (Å²) in [6.07, 6.45) is -7.16. The van der Waals surface area contributed by atoms with Crippen molar-refractivity contribution in [2.45, 2.75) is 50.2 Å². The van der Waals surface area contributed by atoms with Gasteiger partial charge >= 0.3 is 12.4 Å². The number of benzene rings is 1. The highest BCUT2D eigenvalue weighted by molar-refractivity contribution is 7.09. The third kappa shape index (κ3) is 5.66. The van der Waals surface area contributed by atoms with E-state index in [4.69, 9.17) is 9.82 Å². The minimum absolute atomic E-state index is 0.0310. The molecule has 0 bridgehead atoms. The van der Waals surface area contributed by atoms with Crippen LogP contribution in [-0.4, -0.2) is 38.7 Å². The molecule has 4 heterocycles. The van der Waals surface area contributed by atoms with E-state index in [2.05, 4.69) is 10.6 Å². The molecule has 1 aromatic carbocycles. The van der Waals surface area contributed by atoms with E-state index in [1.807, 2.05) is 48.7 Å². The molecule has 2 aliphatic rings. The van der Waals surface area contributed by atoms with Gasteiger partial charge in [0.1, 0.15) is 17.8 Å². The van der Waals surface area contributed by atoms with Crippen molar-refractivity contribution in [1.29, 1.82) is 0 Å². The summed E-state index contributed by atoms with van der Waals surface area (Å²) in [6.45, 7) is 1.48. The van der Waals surface area contributed by atoms with Gasteiger partial charge in [0, 0.05) is 30.5 Å². The number of alkyl halides is 6. The molecule has 0 radical (unpaired) electrons. The molecule has 1 saturated heterocycles. The van der Waals surface area contributed by atoms with Gasteiger partial charge in [-0.05, 0) is 31.4 Å². The second-order valence-corrected chi connectivity index (χ2v) is 10.4. The Balaban J connectivity index is 1.22. The third-order valence-corrected chi connectivity index (χ3v) is 7.79. The van der Waals surface area contributed by atoms with Gasteiger partial charge in [-0.15, -0.1) is 11.3 Å². The highest BCUT2D eigenvalue weighted by Gasteiger charge is 2.42. The number of hydroxylamine groups is 1. The first-order valence-electron chi connectivity index (χ1n) is 12.0. The van der Waals surface area contributed by atoms with Crippen molar-refractivity contribution in [1.82, 2.24) is 25.1 Å². The molecule has 1 atom stereocenters. The molecule has 2 aromatic heterocycles. The smallest absolute Gasteiger partial charge is 0.341 e. The Morgan fingerprint density at radius 2 is 1.82 bits per heavy atom. The number of piperidine rings is 1. The Bertz CT molecular complexity index is 1380. The van der Waals surface area contributed by atoms with Crippen molar-refractivity contribution in [3.8, 4) is 0 Å². The molecular formula is C25H23F6N5O2S. The van der Waals surface area contributed by atoms with Gasteiger partial charge in [0.15, 0.2) is 5.69 Å². The monoisotopic (exact) mass is 571 g/mol. The number of halogens is 6. The quantitative estimate of drug-likeness (QED) is 0.406. The maximum Gasteiger partial charge on any atom is 0.435 e. The summed E-state index contributed by atoms with van der Waals surface area (Å²) in [5, 5.41) is 5.77. The molecule has 7 nitrogen and oxygen atoms in total. The van der Waals surface area contributed by atoms with Gasteiger partial charge in [-0.1, -0.05) is 30.3 Å². The first kappa shape index (κ1) is 27.2. The molecule has 0 saturated carbocycles. The van der Waals surface area contributed by atoms with Crippen LogP contribution in [0.4, 0.5) is 26.3 Å². The van der Waals surface area contributed by atoms with E-state index < -0.39 is 41.8 Å². The fourth-order valence-electron chi connectivity index (χ4n) is 4.64. The molecule has 5 rings (SSSR count). The number of nitrogens with zero attached hydrogens (tertiary/aromatic N) is 4. The summed E-state index contributed by atoms with van der Waals surface area (Å²) in [7, 11) is 0. The number of aromatic nitrogens is 3. The average molecular weight is 572 g/mol. The fourth-order valence-corrected chi connectivity index (χ4v) is 5.63. The van der Waals surface area contributed by atoms with Crippen LogP contribution in [0.5, 0.6) is 0 Å². The standard InChI is InChI=1S/C25H23F6N5O2S/c1-23(16-5-3-2-4-6-16)12-17(34-38-23)18-14-39-22(32-18)15-7-9-35(10-8-15)21(37)13-36-20(25(29,30)31)11-19(33-36)24(26,27)28/h2-6,11-12,14-15,34H,7-10,13H2,1H3. The molecule has 0 aliphatic carbocycles. The molecule has 1 amide bonds. The van der Waals surface area contributed by atoms with Crippen LogP contribution in [0.2, 0.25) is 0 Å². The van der Waals surface area contributed by atoms with Gasteiger partial charge in [0.2, 0.25) is 5.91 Å². The van der Waals surface area contributed by atoms with Gasteiger partial charge < -0.3 is 4.90 Å². The number of thiazole rings is 1. The Kier molecular flexibility index (Phi) is 6.95. The average Bonchev–Trinajstić information content (AvgIpc) is 3.63. The minimum Gasteiger partial charge on any atom is -0.341 e. The molecule has 39 heavy (non-hydrogen) atoms. The Morgan fingerprint density at radius 1 is 1.13 bits per heavy atom. The van der Waals surface area contributed by atoms with Crippen LogP contribution in [0.25, 0.3) is 5.70 Å². The van der Waals surface area contributed by atoms with Crippen LogP contribution in [0.15, 0.2) is 47.9 Å². The van der Waals surface area contributed by atoms with E-state index in [1.54, 1.807) is 0 Å². The second-order valence-electron chi connectivity index (χ2n) is 9.53. The van der Waals surface area contributed by atoms with E-state index in [0.29, 0.717) is 18.5 Å². The van der Waals surface area contributed by atoms with E-state index in [0.717, 1.165) is 16.3 Å². The largest absolute Gasteiger partial charge is 0.435 e. The normalized spacial score (nSPS) is 20.7. The van der Waals surface area contributed by atoms with Gasteiger partial charge in [0.05, 0.1) is 16.4 Å². The Hall–Kier alpha value is -3.39. The predicted octanol–water partition coefficient (Wildman–Crippen LogP) is 5.57. The first-order valence-corrected chi connectivity index (χ1v) is 12.9. The minimum atomic E-state index is -5.08. The maximum atomic E-state index is 13.2. The lowest BCUT2D eigenvalue weighted by atomic mass is 9.95. The number of carbonyl (C=O) groups is 1. The summed E-state index contributed by atoms with van der Waals surface area (Å²) < 4.78 is 78.6. The van der Waals surface area contributed by atoms with E-state index in [9.17, 15) is 31.1 Å². The first-order chi connectivity index (χ1) is 18.3. The summed E-state index contributed by atoms with van der Waals surface area (Å²) in [4.78, 5) is 24.6. The van der Waals surface area contributed by atoms with E-state index in [1.165, 1.54) is 16.2 Å². The molecule has 14 heteroatoms. The summed E-state index contributed by atoms with van der Waals surface area (Å²) >= 11 is 1.46. The van der Waals surface area contributed by atoms with Crippen molar-refractivity contribution in [3.63, 3.8) is 0 Å². The second kappa shape index (κ2) is 9.97. The van der Waals surface area contributed by atoms with Crippen molar-refractivity contribution in [2.75, 3.05) is 13.1 Å². The topological polar surface area (TPSA) is 72.3 Å². The zero-order valence-electron chi connectivity index (χ0n) is 20.5. The number of rotatable bonds is 5. The predicted molar refractivity (Wildman–Crippen MR) is 129 cm³/mol. The fraction of sp³-hybridized carbons (Fsp3) is 0.400. The molecule has 3 aromatic rings. The van der Waals surface area contributed by atoms with Crippen molar-refractivity contribution in [2.24, 2.45) is 0 Å². The van der Waals surface area contributed by atoms with E-state index in [-0.39, 0.29) is 29.8 Å². The van der Waals surface area contributed by atoms with Crippen LogP contribution in [0, 0.1) is 0 Å². The highest BCUT2D eigenvalue weighted by atomic mass is 32.1. The highest BCUT2D eigenvalue weighted by Crippen LogP contribution is 2.38. The molecule has 1 unspecified atom stereocenters. The number of hydrogen-bond donors (Lipinski definition) is 1. The van der Waals surface area contributed by atoms with Crippen LogP contribution in [0.3, 0.4) is 0 Å². The molecule has 208 valence electrons. The van der Waals surface area contributed by atoms with Crippen molar-refractivity contribution < 1.29 is 36.0 Å². The van der Waals surface area contributed by atoms with Crippen molar-refractivity contribution >= 4 is 22.9 Å². The third-order valence-electron chi connectivity index (χ3n) is 6.78. The number of carbonyl (C=O) groups excluding carboxylic acids is 1. The lowest BCUT2D eigenvalue weighted by Gasteiger charge is -2.31. The van der Waals surface area contributed by atoms with Gasteiger partial charge in [-0.25, -0.2) is 4.98 Å². The van der Waals surface area contributed by atoms with Gasteiger partial charge in [0.25, 0.3) is 0 Å². The summed E-state index contributed by atoms with van der Waals surface area (Å²) in [5.41, 5.74) is 1.40. The number of likely N-dealkylation sites (tertiary alicyclic amines) is 1. The lowest BCUT2D eigenvalue weighted by Crippen LogP contribution is -2.40.